The molecule has 0 saturated carbocycles. The standard InChI is InChI=1S/C20H11Br2N3O5/c21-11-1-3-12(4-2-11)24-20(27)16(19(26)23-24)10-14-6-8-18(30-14)15-7-5-13(25(28)29)9-17(15)22/h1-10H,(H,23,26). The molecule has 4 rings (SSSR count). The van der Waals surface area contributed by atoms with Gasteiger partial charge < -0.3 is 4.42 Å². The number of furan rings is 1. The summed E-state index contributed by atoms with van der Waals surface area (Å²) in [4.78, 5) is 35.4. The fourth-order valence-corrected chi connectivity index (χ4v) is 3.69. The van der Waals surface area contributed by atoms with Crippen molar-refractivity contribution in [2.24, 2.45) is 0 Å². The minimum absolute atomic E-state index is 0.0548. The van der Waals surface area contributed by atoms with Crippen LogP contribution in [0.4, 0.5) is 11.4 Å². The Balaban J connectivity index is 1.61. The van der Waals surface area contributed by atoms with E-state index in [4.69, 9.17) is 4.42 Å². The number of rotatable bonds is 4. The first-order valence-corrected chi connectivity index (χ1v) is 10.1. The quantitative estimate of drug-likeness (QED) is 0.224. The zero-order valence-electron chi connectivity index (χ0n) is 15.0. The highest BCUT2D eigenvalue weighted by molar-refractivity contribution is 9.10. The van der Waals surface area contributed by atoms with E-state index in [1.165, 1.54) is 18.2 Å². The third kappa shape index (κ3) is 3.79. The lowest BCUT2D eigenvalue weighted by molar-refractivity contribution is -0.384. The highest BCUT2D eigenvalue weighted by Gasteiger charge is 2.34. The van der Waals surface area contributed by atoms with Gasteiger partial charge in [-0.15, -0.1) is 0 Å². The maximum absolute atomic E-state index is 12.7. The van der Waals surface area contributed by atoms with Gasteiger partial charge in [-0.1, -0.05) is 15.9 Å². The van der Waals surface area contributed by atoms with Crippen molar-refractivity contribution in [3.8, 4) is 11.3 Å². The first-order valence-electron chi connectivity index (χ1n) is 8.50. The molecule has 2 aromatic carbocycles. The van der Waals surface area contributed by atoms with E-state index in [0.717, 1.165) is 9.48 Å². The minimum Gasteiger partial charge on any atom is -0.457 e. The van der Waals surface area contributed by atoms with Gasteiger partial charge in [0.2, 0.25) is 0 Å². The van der Waals surface area contributed by atoms with Crippen molar-refractivity contribution in [2.75, 3.05) is 5.01 Å². The zero-order valence-corrected chi connectivity index (χ0v) is 18.1. The van der Waals surface area contributed by atoms with Crippen molar-refractivity contribution in [2.45, 2.75) is 0 Å². The molecule has 3 aromatic rings. The maximum Gasteiger partial charge on any atom is 0.282 e. The summed E-state index contributed by atoms with van der Waals surface area (Å²) in [6.45, 7) is 0. The number of hydrogen-bond donors (Lipinski definition) is 1. The van der Waals surface area contributed by atoms with E-state index < -0.39 is 16.7 Å². The first kappa shape index (κ1) is 20.0. The molecule has 0 bridgehead atoms. The van der Waals surface area contributed by atoms with Crippen LogP contribution in [0, 0.1) is 10.1 Å². The summed E-state index contributed by atoms with van der Waals surface area (Å²) in [6, 6.07) is 14.5. The third-order valence-electron chi connectivity index (χ3n) is 4.32. The number of benzene rings is 2. The Bertz CT molecular complexity index is 1220. The monoisotopic (exact) mass is 531 g/mol. The van der Waals surface area contributed by atoms with E-state index in [2.05, 4.69) is 37.3 Å². The molecule has 1 aromatic heterocycles. The summed E-state index contributed by atoms with van der Waals surface area (Å²) in [5.41, 5.74) is 3.52. The summed E-state index contributed by atoms with van der Waals surface area (Å²) in [5.74, 6) is -0.320. The average molecular weight is 533 g/mol. The normalized spacial score (nSPS) is 15.0. The Kier molecular flexibility index (Phi) is 5.27. The number of carbonyl (C=O) groups is 2. The molecule has 150 valence electrons. The van der Waals surface area contributed by atoms with E-state index in [1.54, 1.807) is 42.5 Å². The van der Waals surface area contributed by atoms with E-state index in [9.17, 15) is 19.7 Å². The molecule has 10 heteroatoms. The predicted octanol–water partition coefficient (Wildman–Crippen LogP) is 4.84. The number of nitrogens with one attached hydrogen (secondary N) is 1. The highest BCUT2D eigenvalue weighted by Crippen LogP contribution is 2.33. The van der Waals surface area contributed by atoms with Gasteiger partial charge in [0.15, 0.2) is 0 Å². The van der Waals surface area contributed by atoms with Gasteiger partial charge in [-0.05, 0) is 64.5 Å². The Morgan fingerprint density at radius 3 is 2.43 bits per heavy atom. The largest absolute Gasteiger partial charge is 0.457 e. The van der Waals surface area contributed by atoms with Crippen LogP contribution in [0.25, 0.3) is 17.4 Å². The third-order valence-corrected chi connectivity index (χ3v) is 5.50. The van der Waals surface area contributed by atoms with Gasteiger partial charge in [0.1, 0.15) is 17.1 Å². The molecule has 2 amide bonds. The molecule has 2 heterocycles. The van der Waals surface area contributed by atoms with Crippen LogP contribution in [0.1, 0.15) is 5.76 Å². The van der Waals surface area contributed by atoms with Gasteiger partial charge in [0.25, 0.3) is 17.5 Å². The molecular formula is C20H11Br2N3O5. The molecule has 1 aliphatic heterocycles. The number of carbonyl (C=O) groups excluding carboxylic acids is 2. The average Bonchev–Trinajstić information content (AvgIpc) is 3.28. The van der Waals surface area contributed by atoms with Crippen molar-refractivity contribution in [3.05, 3.63) is 85.0 Å². The number of halogens is 2. The highest BCUT2D eigenvalue weighted by atomic mass is 79.9. The molecule has 0 radical (unpaired) electrons. The van der Waals surface area contributed by atoms with Crippen LogP contribution in [0.3, 0.4) is 0 Å². The van der Waals surface area contributed by atoms with Gasteiger partial charge >= 0.3 is 0 Å². The number of nitro benzene ring substituents is 1. The SMILES string of the molecule is O=C1NN(c2ccc(Br)cc2)C(=O)C1=Cc1ccc(-c2ccc([N+](=O)[O-])cc2Br)o1. The van der Waals surface area contributed by atoms with Crippen LogP contribution >= 0.6 is 31.9 Å². The molecule has 8 nitrogen and oxygen atoms in total. The number of hydrogen-bond acceptors (Lipinski definition) is 5. The van der Waals surface area contributed by atoms with Crippen molar-refractivity contribution >= 4 is 61.1 Å². The Hall–Kier alpha value is -3.24. The van der Waals surface area contributed by atoms with Gasteiger partial charge in [0.05, 0.1) is 10.6 Å². The second-order valence-electron chi connectivity index (χ2n) is 6.24. The van der Waals surface area contributed by atoms with Gasteiger partial charge in [0, 0.05) is 26.6 Å². The second kappa shape index (κ2) is 7.88. The van der Waals surface area contributed by atoms with E-state index in [0.29, 0.717) is 27.2 Å². The number of hydrazine groups is 1. The first-order chi connectivity index (χ1) is 14.3. The van der Waals surface area contributed by atoms with Gasteiger partial charge in [-0.3, -0.25) is 25.1 Å². The number of amides is 2. The lowest BCUT2D eigenvalue weighted by atomic mass is 10.1. The molecule has 1 fully saturated rings. The van der Waals surface area contributed by atoms with Crippen LogP contribution in [0.5, 0.6) is 0 Å². The van der Waals surface area contributed by atoms with Crippen LogP contribution in [-0.4, -0.2) is 16.7 Å². The molecule has 0 unspecified atom stereocenters. The molecule has 0 spiro atoms. The molecule has 1 aliphatic rings. The summed E-state index contributed by atoms with van der Waals surface area (Å²) < 4.78 is 7.07. The van der Waals surface area contributed by atoms with Crippen molar-refractivity contribution in [1.29, 1.82) is 0 Å². The second-order valence-corrected chi connectivity index (χ2v) is 8.01. The predicted molar refractivity (Wildman–Crippen MR) is 116 cm³/mol. The molecular weight excluding hydrogens is 522 g/mol. The van der Waals surface area contributed by atoms with Gasteiger partial charge in [-0.2, -0.15) is 0 Å². The van der Waals surface area contributed by atoms with Crippen LogP contribution < -0.4 is 10.4 Å². The van der Waals surface area contributed by atoms with E-state index >= 15 is 0 Å². The number of nitrogens with zero attached hydrogens (tertiary/aromatic N) is 2. The van der Waals surface area contributed by atoms with Crippen LogP contribution in [0.15, 0.2) is 73.5 Å². The fourth-order valence-electron chi connectivity index (χ4n) is 2.86. The van der Waals surface area contributed by atoms with E-state index in [1.807, 2.05) is 0 Å². The van der Waals surface area contributed by atoms with Crippen molar-refractivity contribution < 1.29 is 18.9 Å². The summed E-state index contributed by atoms with van der Waals surface area (Å²) in [7, 11) is 0. The lowest BCUT2D eigenvalue weighted by Crippen LogP contribution is -2.35. The summed E-state index contributed by atoms with van der Waals surface area (Å²) in [6.07, 6.45) is 1.36. The number of nitro groups is 1. The topological polar surface area (TPSA) is 106 Å². The lowest BCUT2D eigenvalue weighted by Gasteiger charge is -2.14. The van der Waals surface area contributed by atoms with Crippen molar-refractivity contribution in [1.82, 2.24) is 5.43 Å². The molecule has 1 N–H and O–H groups in total. The fraction of sp³-hybridized carbons (Fsp3) is 0. The molecule has 30 heavy (non-hydrogen) atoms. The van der Waals surface area contributed by atoms with Gasteiger partial charge in [-0.25, -0.2) is 5.01 Å². The maximum atomic E-state index is 12.7. The van der Waals surface area contributed by atoms with Crippen molar-refractivity contribution in [3.63, 3.8) is 0 Å². The Morgan fingerprint density at radius 2 is 1.77 bits per heavy atom. The van der Waals surface area contributed by atoms with E-state index in [-0.39, 0.29) is 11.3 Å². The summed E-state index contributed by atoms with van der Waals surface area (Å²) in [5, 5.41) is 12.0. The number of non-ortho nitro benzene ring substituents is 1. The minimum atomic E-state index is -0.544. The van der Waals surface area contributed by atoms with Crippen LogP contribution in [0.2, 0.25) is 0 Å². The molecule has 0 aliphatic carbocycles. The molecule has 1 saturated heterocycles. The summed E-state index contributed by atoms with van der Waals surface area (Å²) >= 11 is 6.62. The zero-order chi connectivity index (χ0) is 21.4. The number of anilines is 1. The smallest absolute Gasteiger partial charge is 0.282 e. The Labute approximate surface area is 186 Å². The molecule has 0 atom stereocenters. The Morgan fingerprint density at radius 1 is 1.03 bits per heavy atom. The van der Waals surface area contributed by atoms with Crippen LogP contribution in [-0.2, 0) is 9.59 Å².